The Labute approximate surface area is 160 Å². The second kappa shape index (κ2) is 7.68. The van der Waals surface area contributed by atoms with E-state index < -0.39 is 11.7 Å². The van der Waals surface area contributed by atoms with Crippen LogP contribution in [0.4, 0.5) is 29.3 Å². The highest BCUT2D eigenvalue weighted by molar-refractivity contribution is 6.31. The number of carbonyl (C=O) groups is 1. The largest absolute Gasteiger partial charge is 0.416 e. The molecule has 1 N–H and O–H groups in total. The van der Waals surface area contributed by atoms with Crippen molar-refractivity contribution >= 4 is 29.0 Å². The van der Waals surface area contributed by atoms with Crippen LogP contribution in [0.1, 0.15) is 11.1 Å². The van der Waals surface area contributed by atoms with E-state index >= 15 is 0 Å². The summed E-state index contributed by atoms with van der Waals surface area (Å²) in [7, 11) is 0. The normalized spacial score (nSPS) is 15.0. The number of hydrogen-bond acceptors (Lipinski definition) is 2. The molecule has 8 heteroatoms. The van der Waals surface area contributed by atoms with Gasteiger partial charge in [-0.1, -0.05) is 23.7 Å². The van der Waals surface area contributed by atoms with Gasteiger partial charge >= 0.3 is 12.2 Å². The second-order valence-corrected chi connectivity index (χ2v) is 6.85. The van der Waals surface area contributed by atoms with Crippen LogP contribution in [-0.4, -0.2) is 37.1 Å². The first kappa shape index (κ1) is 19.4. The number of rotatable bonds is 2. The van der Waals surface area contributed by atoms with Crippen molar-refractivity contribution < 1.29 is 18.0 Å². The first-order valence-electron chi connectivity index (χ1n) is 8.48. The summed E-state index contributed by atoms with van der Waals surface area (Å²) >= 11 is 5.97. The summed E-state index contributed by atoms with van der Waals surface area (Å²) in [5.41, 5.74) is 1.38. The van der Waals surface area contributed by atoms with Crippen molar-refractivity contribution in [3.05, 3.63) is 58.6 Å². The van der Waals surface area contributed by atoms with E-state index in [1.165, 1.54) is 6.07 Å². The lowest BCUT2D eigenvalue weighted by Gasteiger charge is -2.36. The van der Waals surface area contributed by atoms with E-state index in [1.807, 2.05) is 17.9 Å². The van der Waals surface area contributed by atoms with Gasteiger partial charge in [0.05, 0.1) is 5.56 Å². The first-order chi connectivity index (χ1) is 12.7. The van der Waals surface area contributed by atoms with Crippen LogP contribution in [0.15, 0.2) is 42.5 Å². The Kier molecular flexibility index (Phi) is 5.51. The van der Waals surface area contributed by atoms with Gasteiger partial charge in [-0.25, -0.2) is 4.79 Å². The average Bonchev–Trinajstić information content (AvgIpc) is 2.64. The van der Waals surface area contributed by atoms with Gasteiger partial charge in [-0.15, -0.1) is 0 Å². The third kappa shape index (κ3) is 4.66. The molecule has 1 fully saturated rings. The number of alkyl halides is 3. The Morgan fingerprint density at radius 1 is 1.07 bits per heavy atom. The summed E-state index contributed by atoms with van der Waals surface area (Å²) in [5.74, 6) is 0. The van der Waals surface area contributed by atoms with Crippen molar-refractivity contribution in [2.24, 2.45) is 0 Å². The van der Waals surface area contributed by atoms with Crippen molar-refractivity contribution in [1.82, 2.24) is 4.90 Å². The van der Waals surface area contributed by atoms with Crippen molar-refractivity contribution in [1.29, 1.82) is 0 Å². The third-order valence-electron chi connectivity index (χ3n) is 4.55. The SMILES string of the molecule is Cc1ccc(Cl)cc1NC(=O)N1CCN(c2cccc(C(F)(F)F)c2)CC1. The number of amides is 2. The molecule has 2 aromatic rings. The number of halogens is 4. The molecule has 0 spiro atoms. The molecule has 1 heterocycles. The zero-order chi connectivity index (χ0) is 19.6. The molecule has 0 unspecified atom stereocenters. The van der Waals surface area contributed by atoms with Gasteiger partial charge in [-0.05, 0) is 42.8 Å². The lowest BCUT2D eigenvalue weighted by molar-refractivity contribution is -0.137. The van der Waals surface area contributed by atoms with Crippen molar-refractivity contribution in [3.8, 4) is 0 Å². The molecule has 1 aliphatic heterocycles. The number of urea groups is 1. The minimum Gasteiger partial charge on any atom is -0.368 e. The van der Waals surface area contributed by atoms with E-state index in [9.17, 15) is 18.0 Å². The van der Waals surface area contributed by atoms with Crippen LogP contribution in [0.2, 0.25) is 5.02 Å². The van der Waals surface area contributed by atoms with E-state index in [2.05, 4.69) is 5.32 Å². The van der Waals surface area contributed by atoms with Crippen LogP contribution in [0.3, 0.4) is 0 Å². The maximum Gasteiger partial charge on any atom is 0.416 e. The van der Waals surface area contributed by atoms with Crippen LogP contribution < -0.4 is 10.2 Å². The molecule has 0 bridgehead atoms. The average molecular weight is 398 g/mol. The molecule has 1 saturated heterocycles. The molecule has 0 saturated carbocycles. The van der Waals surface area contributed by atoms with Crippen LogP contribution in [0.5, 0.6) is 0 Å². The van der Waals surface area contributed by atoms with Crippen molar-refractivity contribution in [3.63, 3.8) is 0 Å². The Morgan fingerprint density at radius 3 is 2.44 bits per heavy atom. The number of anilines is 2. The quantitative estimate of drug-likeness (QED) is 0.772. The smallest absolute Gasteiger partial charge is 0.368 e. The molecule has 3 rings (SSSR count). The Hall–Kier alpha value is -2.41. The van der Waals surface area contributed by atoms with E-state index in [1.54, 1.807) is 23.1 Å². The molecule has 144 valence electrons. The highest BCUT2D eigenvalue weighted by atomic mass is 35.5. The van der Waals surface area contributed by atoms with Gasteiger partial charge in [-0.3, -0.25) is 0 Å². The van der Waals surface area contributed by atoms with Gasteiger partial charge < -0.3 is 15.1 Å². The molecule has 0 aliphatic carbocycles. The Balaban J connectivity index is 1.62. The van der Waals surface area contributed by atoms with E-state index in [-0.39, 0.29) is 6.03 Å². The molecule has 0 atom stereocenters. The molecule has 4 nitrogen and oxygen atoms in total. The number of nitrogens with zero attached hydrogens (tertiary/aromatic N) is 2. The zero-order valence-electron chi connectivity index (χ0n) is 14.7. The molecular weight excluding hydrogens is 379 g/mol. The van der Waals surface area contributed by atoms with Crippen molar-refractivity contribution in [2.75, 3.05) is 36.4 Å². The van der Waals surface area contributed by atoms with E-state index in [0.29, 0.717) is 42.6 Å². The fraction of sp³-hybridized carbons (Fsp3) is 0.316. The van der Waals surface area contributed by atoms with Gasteiger partial charge in [0.1, 0.15) is 0 Å². The Morgan fingerprint density at radius 2 is 1.78 bits per heavy atom. The summed E-state index contributed by atoms with van der Waals surface area (Å²) < 4.78 is 38.6. The van der Waals surface area contributed by atoms with Crippen LogP contribution >= 0.6 is 11.6 Å². The van der Waals surface area contributed by atoms with Gasteiger partial charge in [0.15, 0.2) is 0 Å². The summed E-state index contributed by atoms with van der Waals surface area (Å²) in [6.07, 6.45) is -4.37. The predicted octanol–water partition coefficient (Wildman–Crippen LogP) is 5.02. The number of piperazine rings is 1. The van der Waals surface area contributed by atoms with Gasteiger partial charge in [-0.2, -0.15) is 13.2 Å². The molecule has 2 aromatic carbocycles. The molecular formula is C19H19ClF3N3O. The highest BCUT2D eigenvalue weighted by Crippen LogP contribution is 2.32. The number of aryl methyl sites for hydroxylation is 1. The van der Waals surface area contributed by atoms with Crippen LogP contribution in [0.25, 0.3) is 0 Å². The number of nitrogens with one attached hydrogen (secondary N) is 1. The highest BCUT2D eigenvalue weighted by Gasteiger charge is 2.31. The molecule has 1 aliphatic rings. The molecule has 27 heavy (non-hydrogen) atoms. The predicted molar refractivity (Wildman–Crippen MR) is 100 cm³/mol. The first-order valence-corrected chi connectivity index (χ1v) is 8.86. The number of carbonyl (C=O) groups excluding carboxylic acids is 1. The van der Waals surface area contributed by atoms with E-state index in [0.717, 1.165) is 17.7 Å². The van der Waals surface area contributed by atoms with Gasteiger partial charge in [0.2, 0.25) is 0 Å². The third-order valence-corrected chi connectivity index (χ3v) is 4.78. The lowest BCUT2D eigenvalue weighted by atomic mass is 10.1. The molecule has 0 radical (unpaired) electrons. The van der Waals surface area contributed by atoms with Crippen LogP contribution in [0, 0.1) is 6.92 Å². The monoisotopic (exact) mass is 397 g/mol. The summed E-state index contributed by atoms with van der Waals surface area (Å²) in [5, 5.41) is 3.37. The number of benzene rings is 2. The zero-order valence-corrected chi connectivity index (χ0v) is 15.4. The van der Waals surface area contributed by atoms with Gasteiger partial charge in [0.25, 0.3) is 0 Å². The Bertz CT molecular complexity index is 833. The maximum absolute atomic E-state index is 12.9. The number of hydrogen-bond donors (Lipinski definition) is 1. The fourth-order valence-corrected chi connectivity index (χ4v) is 3.14. The molecule has 2 amide bonds. The lowest BCUT2D eigenvalue weighted by Crippen LogP contribution is -2.50. The minimum atomic E-state index is -4.37. The standard InChI is InChI=1S/C19H19ClF3N3O/c1-13-5-6-15(20)12-17(13)24-18(27)26-9-7-25(8-10-26)16-4-2-3-14(11-16)19(21,22)23/h2-6,11-12H,7-10H2,1H3,(H,24,27). The summed E-state index contributed by atoms with van der Waals surface area (Å²) in [6, 6.07) is 10.3. The van der Waals surface area contributed by atoms with Gasteiger partial charge in [0, 0.05) is 42.6 Å². The second-order valence-electron chi connectivity index (χ2n) is 6.41. The van der Waals surface area contributed by atoms with E-state index in [4.69, 9.17) is 11.6 Å². The summed E-state index contributed by atoms with van der Waals surface area (Å²) in [4.78, 5) is 16.0. The topological polar surface area (TPSA) is 35.6 Å². The minimum absolute atomic E-state index is 0.246. The molecule has 0 aromatic heterocycles. The van der Waals surface area contributed by atoms with Crippen LogP contribution in [-0.2, 0) is 6.18 Å². The fourth-order valence-electron chi connectivity index (χ4n) is 2.97. The maximum atomic E-state index is 12.9. The van der Waals surface area contributed by atoms with Crippen molar-refractivity contribution in [2.45, 2.75) is 13.1 Å². The summed E-state index contributed by atoms with van der Waals surface area (Å²) in [6.45, 7) is 3.63.